The molecule has 3 aromatic carbocycles. The molecule has 1 aliphatic rings. The SMILES string of the molecule is C[C@H]1[C@H](Oc2ccc3c(cnn3-c3ccc(F)cc3)c2)c2cccc(F)c2CN1C(=O)C(F)(F)F. The molecule has 0 unspecified atom stereocenters. The van der Waals surface area contributed by atoms with E-state index in [1.54, 1.807) is 47.3 Å². The fourth-order valence-corrected chi connectivity index (χ4v) is 4.35. The maximum Gasteiger partial charge on any atom is 0.471 e. The predicted octanol–water partition coefficient (Wildman–Crippen LogP) is 5.72. The topological polar surface area (TPSA) is 47.4 Å². The number of ether oxygens (including phenoxy) is 1. The van der Waals surface area contributed by atoms with E-state index < -0.39 is 36.6 Å². The van der Waals surface area contributed by atoms with Crippen LogP contribution in [0, 0.1) is 11.6 Å². The number of benzene rings is 3. The summed E-state index contributed by atoms with van der Waals surface area (Å²) in [4.78, 5) is 12.7. The monoisotopic (exact) mass is 487 g/mol. The first kappa shape index (κ1) is 22.8. The van der Waals surface area contributed by atoms with Crippen LogP contribution in [0.3, 0.4) is 0 Å². The van der Waals surface area contributed by atoms with Crippen molar-refractivity contribution in [1.29, 1.82) is 0 Å². The fraction of sp³-hybridized carbons (Fsp3) is 0.200. The number of carbonyl (C=O) groups is 1. The van der Waals surface area contributed by atoms with Crippen molar-refractivity contribution in [3.05, 3.63) is 89.6 Å². The van der Waals surface area contributed by atoms with Crippen LogP contribution in [0.1, 0.15) is 24.2 Å². The van der Waals surface area contributed by atoms with Crippen LogP contribution in [-0.4, -0.2) is 32.8 Å². The summed E-state index contributed by atoms with van der Waals surface area (Å²) in [6.07, 6.45) is -4.57. The van der Waals surface area contributed by atoms with Gasteiger partial charge in [-0.25, -0.2) is 13.5 Å². The van der Waals surface area contributed by atoms with E-state index in [-0.39, 0.29) is 11.4 Å². The molecule has 0 saturated heterocycles. The Morgan fingerprint density at radius 1 is 1.06 bits per heavy atom. The third kappa shape index (κ3) is 4.09. The van der Waals surface area contributed by atoms with E-state index in [9.17, 15) is 26.7 Å². The third-order valence-electron chi connectivity index (χ3n) is 6.10. The Morgan fingerprint density at radius 3 is 2.51 bits per heavy atom. The summed E-state index contributed by atoms with van der Waals surface area (Å²) < 4.78 is 75.1. The first-order valence-electron chi connectivity index (χ1n) is 10.7. The number of halogens is 5. The molecule has 0 N–H and O–H groups in total. The lowest BCUT2D eigenvalue weighted by atomic mass is 9.91. The Balaban J connectivity index is 1.50. The minimum Gasteiger partial charge on any atom is -0.484 e. The molecule has 1 aliphatic heterocycles. The van der Waals surface area contributed by atoms with Crippen LogP contribution in [0.5, 0.6) is 5.75 Å². The summed E-state index contributed by atoms with van der Waals surface area (Å²) in [6, 6.07) is 13.9. The lowest BCUT2D eigenvalue weighted by molar-refractivity contribution is -0.191. The predicted molar refractivity (Wildman–Crippen MR) is 117 cm³/mol. The second-order valence-corrected chi connectivity index (χ2v) is 8.27. The molecule has 1 amide bonds. The van der Waals surface area contributed by atoms with Crippen LogP contribution in [0.25, 0.3) is 16.6 Å². The standard InChI is InChI=1S/C25H18F5N3O2/c1-14-23(19-3-2-4-21(27)20(19)13-32(14)24(34)25(28,29)30)35-18-9-10-22-15(11-18)12-31-33(22)17-7-5-16(26)6-8-17/h2-12,14,23H,13H2,1H3/t14-,23-/m0/s1. The molecule has 5 rings (SSSR count). The minimum atomic E-state index is -5.10. The Hall–Kier alpha value is -3.95. The van der Waals surface area contributed by atoms with Crippen molar-refractivity contribution in [2.24, 2.45) is 0 Å². The summed E-state index contributed by atoms with van der Waals surface area (Å²) in [5.41, 5.74) is 1.70. The van der Waals surface area contributed by atoms with Gasteiger partial charge in [-0.3, -0.25) is 4.79 Å². The van der Waals surface area contributed by atoms with Crippen molar-refractivity contribution in [2.75, 3.05) is 0 Å². The molecule has 0 fully saturated rings. The highest BCUT2D eigenvalue weighted by Gasteiger charge is 2.48. The molecule has 2 heterocycles. The van der Waals surface area contributed by atoms with Gasteiger partial charge >= 0.3 is 12.1 Å². The number of carbonyl (C=O) groups excluding carboxylic acids is 1. The smallest absolute Gasteiger partial charge is 0.471 e. The highest BCUT2D eigenvalue weighted by atomic mass is 19.4. The Labute approximate surface area is 196 Å². The van der Waals surface area contributed by atoms with Crippen LogP contribution >= 0.6 is 0 Å². The lowest BCUT2D eigenvalue weighted by Gasteiger charge is -2.40. The van der Waals surface area contributed by atoms with Gasteiger partial charge in [0.2, 0.25) is 0 Å². The average molecular weight is 487 g/mol. The van der Waals surface area contributed by atoms with Crippen molar-refractivity contribution in [3.63, 3.8) is 0 Å². The second-order valence-electron chi connectivity index (χ2n) is 8.27. The van der Waals surface area contributed by atoms with Gasteiger partial charge in [-0.2, -0.15) is 18.3 Å². The van der Waals surface area contributed by atoms with Gasteiger partial charge in [-0.05, 0) is 55.5 Å². The number of hydrogen-bond acceptors (Lipinski definition) is 3. The van der Waals surface area contributed by atoms with E-state index in [4.69, 9.17) is 4.74 Å². The number of fused-ring (bicyclic) bond motifs is 2. The third-order valence-corrected chi connectivity index (χ3v) is 6.10. The van der Waals surface area contributed by atoms with Gasteiger partial charge in [0.1, 0.15) is 23.5 Å². The van der Waals surface area contributed by atoms with E-state index in [1.165, 1.54) is 25.1 Å². The van der Waals surface area contributed by atoms with Gasteiger partial charge in [-0.15, -0.1) is 0 Å². The zero-order valence-corrected chi connectivity index (χ0v) is 18.3. The van der Waals surface area contributed by atoms with Crippen molar-refractivity contribution in [3.8, 4) is 11.4 Å². The Bertz CT molecular complexity index is 1420. The van der Waals surface area contributed by atoms with E-state index in [0.717, 1.165) is 6.07 Å². The molecular formula is C25H18F5N3O2. The molecule has 0 bridgehead atoms. The largest absolute Gasteiger partial charge is 0.484 e. The normalized spacial score (nSPS) is 17.9. The van der Waals surface area contributed by atoms with Crippen LogP contribution in [0.15, 0.2) is 66.9 Å². The molecule has 0 aliphatic carbocycles. The number of hydrogen-bond donors (Lipinski definition) is 0. The first-order chi connectivity index (χ1) is 16.6. The van der Waals surface area contributed by atoms with Crippen molar-refractivity contribution >= 4 is 16.8 Å². The van der Waals surface area contributed by atoms with Gasteiger partial charge < -0.3 is 9.64 Å². The molecule has 5 nitrogen and oxygen atoms in total. The summed E-state index contributed by atoms with van der Waals surface area (Å²) in [7, 11) is 0. The van der Waals surface area contributed by atoms with E-state index in [1.807, 2.05) is 0 Å². The summed E-state index contributed by atoms with van der Waals surface area (Å²) in [6.45, 7) is 0.929. The van der Waals surface area contributed by atoms with Crippen LogP contribution < -0.4 is 4.74 Å². The highest BCUT2D eigenvalue weighted by molar-refractivity contribution is 5.83. The average Bonchev–Trinajstić information content (AvgIpc) is 3.24. The van der Waals surface area contributed by atoms with E-state index in [2.05, 4.69) is 5.10 Å². The van der Waals surface area contributed by atoms with Gasteiger partial charge in [0.25, 0.3) is 0 Å². The quantitative estimate of drug-likeness (QED) is 0.348. The zero-order valence-electron chi connectivity index (χ0n) is 18.3. The first-order valence-corrected chi connectivity index (χ1v) is 10.7. The highest BCUT2D eigenvalue weighted by Crippen LogP contribution is 2.38. The molecule has 0 saturated carbocycles. The van der Waals surface area contributed by atoms with Gasteiger partial charge in [0, 0.05) is 23.1 Å². The fourth-order valence-electron chi connectivity index (χ4n) is 4.35. The van der Waals surface area contributed by atoms with Gasteiger partial charge in [0.15, 0.2) is 0 Å². The van der Waals surface area contributed by atoms with E-state index in [0.29, 0.717) is 32.8 Å². The maximum atomic E-state index is 14.5. The van der Waals surface area contributed by atoms with Crippen molar-refractivity contribution in [2.45, 2.75) is 31.8 Å². The Morgan fingerprint density at radius 2 is 1.80 bits per heavy atom. The van der Waals surface area contributed by atoms with Crippen molar-refractivity contribution < 1.29 is 31.5 Å². The summed E-state index contributed by atoms with van der Waals surface area (Å²) in [5, 5.41) is 4.98. The lowest BCUT2D eigenvalue weighted by Crippen LogP contribution is -2.51. The Kier molecular flexibility index (Phi) is 5.46. The van der Waals surface area contributed by atoms with Gasteiger partial charge in [0.05, 0.1) is 23.4 Å². The number of alkyl halides is 3. The molecule has 2 atom stereocenters. The maximum absolute atomic E-state index is 14.5. The molecule has 0 spiro atoms. The van der Waals surface area contributed by atoms with Crippen molar-refractivity contribution in [1.82, 2.24) is 14.7 Å². The van der Waals surface area contributed by atoms with Gasteiger partial charge in [-0.1, -0.05) is 12.1 Å². The number of rotatable bonds is 3. The second kappa shape index (κ2) is 8.37. The molecule has 35 heavy (non-hydrogen) atoms. The number of nitrogens with zero attached hydrogens (tertiary/aromatic N) is 3. The van der Waals surface area contributed by atoms with Crippen LogP contribution in [-0.2, 0) is 11.3 Å². The molecular weight excluding hydrogens is 469 g/mol. The number of aromatic nitrogens is 2. The van der Waals surface area contributed by atoms with Crippen LogP contribution in [0.4, 0.5) is 22.0 Å². The minimum absolute atomic E-state index is 0.0154. The van der Waals surface area contributed by atoms with E-state index >= 15 is 0 Å². The summed E-state index contributed by atoms with van der Waals surface area (Å²) >= 11 is 0. The molecule has 1 aromatic heterocycles. The summed E-state index contributed by atoms with van der Waals surface area (Å²) in [5.74, 6) is -2.83. The molecule has 10 heteroatoms. The molecule has 4 aromatic rings. The zero-order chi connectivity index (χ0) is 24.9. The van der Waals surface area contributed by atoms with Crippen LogP contribution in [0.2, 0.25) is 0 Å². The molecule has 180 valence electrons. The number of amides is 1. The molecule has 0 radical (unpaired) electrons.